The number of carbonyl (C=O) groups is 1. The zero-order chi connectivity index (χ0) is 23.1. The largest absolute Gasteiger partial charge is 0.493 e. The standard InChI is InChI=1S/C24H27FN2O4S/c1-4-16(2)27(24(29)18-6-8-19(25)9-7-18)12-17-5-10-21(30-3)22(11-17)31-14-23-26-20(13-28)15-32-23/h5-11,15-16,28H,4,12-14H2,1-3H3. The van der Waals surface area contributed by atoms with Crippen LogP contribution in [-0.2, 0) is 19.8 Å². The van der Waals surface area contributed by atoms with Gasteiger partial charge in [-0.15, -0.1) is 11.3 Å². The van der Waals surface area contributed by atoms with Gasteiger partial charge in [0.25, 0.3) is 5.91 Å². The summed E-state index contributed by atoms with van der Waals surface area (Å²) in [6, 6.07) is 11.1. The number of hydrogen-bond donors (Lipinski definition) is 1. The number of nitrogens with zero attached hydrogens (tertiary/aromatic N) is 2. The third kappa shape index (κ3) is 5.83. The maximum absolute atomic E-state index is 13.3. The zero-order valence-electron chi connectivity index (χ0n) is 18.4. The van der Waals surface area contributed by atoms with Crippen molar-refractivity contribution in [3.63, 3.8) is 0 Å². The molecule has 3 aromatic rings. The van der Waals surface area contributed by atoms with Crippen molar-refractivity contribution in [1.29, 1.82) is 0 Å². The maximum Gasteiger partial charge on any atom is 0.254 e. The number of halogens is 1. The number of benzene rings is 2. The fourth-order valence-electron chi connectivity index (χ4n) is 3.16. The van der Waals surface area contributed by atoms with Crippen LogP contribution in [0.15, 0.2) is 47.8 Å². The van der Waals surface area contributed by atoms with E-state index in [1.807, 2.05) is 32.0 Å². The van der Waals surface area contributed by atoms with Crippen LogP contribution in [0.1, 0.15) is 46.9 Å². The number of hydrogen-bond acceptors (Lipinski definition) is 6. The van der Waals surface area contributed by atoms with E-state index >= 15 is 0 Å². The third-order valence-corrected chi connectivity index (χ3v) is 6.04. The van der Waals surface area contributed by atoms with Crippen LogP contribution in [0.4, 0.5) is 4.39 Å². The van der Waals surface area contributed by atoms with Crippen LogP contribution < -0.4 is 9.47 Å². The van der Waals surface area contributed by atoms with Crippen LogP contribution in [-0.4, -0.2) is 34.0 Å². The van der Waals surface area contributed by atoms with Gasteiger partial charge in [0, 0.05) is 23.5 Å². The molecule has 32 heavy (non-hydrogen) atoms. The molecule has 1 atom stereocenters. The molecule has 1 amide bonds. The van der Waals surface area contributed by atoms with Gasteiger partial charge in [-0.1, -0.05) is 13.0 Å². The van der Waals surface area contributed by atoms with Crippen molar-refractivity contribution >= 4 is 17.2 Å². The van der Waals surface area contributed by atoms with Crippen LogP contribution in [0.3, 0.4) is 0 Å². The van der Waals surface area contributed by atoms with E-state index in [9.17, 15) is 14.3 Å². The molecule has 0 saturated heterocycles. The quantitative estimate of drug-likeness (QED) is 0.472. The Morgan fingerprint density at radius 2 is 1.97 bits per heavy atom. The van der Waals surface area contributed by atoms with Crippen molar-refractivity contribution < 1.29 is 23.8 Å². The Hall–Kier alpha value is -2.97. The van der Waals surface area contributed by atoms with E-state index in [1.54, 1.807) is 17.4 Å². The van der Waals surface area contributed by atoms with Gasteiger partial charge in [-0.3, -0.25) is 4.79 Å². The lowest BCUT2D eigenvalue weighted by molar-refractivity contribution is 0.0671. The molecule has 1 aromatic heterocycles. The number of methoxy groups -OCH3 is 1. The predicted molar refractivity (Wildman–Crippen MR) is 121 cm³/mol. The Kier molecular flexibility index (Phi) is 8.19. The van der Waals surface area contributed by atoms with E-state index in [-0.39, 0.29) is 31.0 Å². The van der Waals surface area contributed by atoms with Crippen molar-refractivity contribution in [1.82, 2.24) is 9.88 Å². The smallest absolute Gasteiger partial charge is 0.254 e. The number of amides is 1. The van der Waals surface area contributed by atoms with Crippen molar-refractivity contribution in [2.24, 2.45) is 0 Å². The summed E-state index contributed by atoms with van der Waals surface area (Å²) in [5.41, 5.74) is 1.93. The lowest BCUT2D eigenvalue weighted by Crippen LogP contribution is -2.37. The molecule has 6 nitrogen and oxygen atoms in total. The minimum Gasteiger partial charge on any atom is -0.493 e. The molecule has 0 aliphatic carbocycles. The van der Waals surface area contributed by atoms with E-state index in [0.717, 1.165) is 17.0 Å². The first-order valence-electron chi connectivity index (χ1n) is 10.4. The normalized spacial score (nSPS) is 11.8. The van der Waals surface area contributed by atoms with Gasteiger partial charge >= 0.3 is 0 Å². The molecule has 170 valence electrons. The Morgan fingerprint density at radius 1 is 1.22 bits per heavy atom. The molecule has 0 bridgehead atoms. The van der Waals surface area contributed by atoms with Gasteiger partial charge in [-0.25, -0.2) is 9.37 Å². The van der Waals surface area contributed by atoms with Crippen molar-refractivity contribution in [2.45, 2.75) is 46.1 Å². The van der Waals surface area contributed by atoms with Crippen LogP contribution in [0, 0.1) is 5.82 Å². The van der Waals surface area contributed by atoms with E-state index in [4.69, 9.17) is 9.47 Å². The number of rotatable bonds is 10. The fraction of sp³-hybridized carbons (Fsp3) is 0.333. The first kappa shape index (κ1) is 23.7. The summed E-state index contributed by atoms with van der Waals surface area (Å²) in [7, 11) is 1.57. The summed E-state index contributed by atoms with van der Waals surface area (Å²) in [4.78, 5) is 19.2. The lowest BCUT2D eigenvalue weighted by Gasteiger charge is -2.29. The third-order valence-electron chi connectivity index (χ3n) is 5.17. The average Bonchev–Trinajstić information content (AvgIpc) is 3.29. The number of aliphatic hydroxyl groups excluding tert-OH is 1. The summed E-state index contributed by atoms with van der Waals surface area (Å²) in [6.07, 6.45) is 0.781. The molecule has 3 rings (SSSR count). The molecule has 0 saturated carbocycles. The highest BCUT2D eigenvalue weighted by Gasteiger charge is 2.21. The highest BCUT2D eigenvalue weighted by atomic mass is 32.1. The highest BCUT2D eigenvalue weighted by molar-refractivity contribution is 7.09. The number of thiazole rings is 1. The average molecular weight is 459 g/mol. The Balaban J connectivity index is 1.80. The Labute approximate surface area is 191 Å². The van der Waals surface area contributed by atoms with Gasteiger partial charge in [-0.05, 0) is 55.3 Å². The molecule has 0 aliphatic rings. The zero-order valence-corrected chi connectivity index (χ0v) is 19.2. The summed E-state index contributed by atoms with van der Waals surface area (Å²) < 4.78 is 24.6. The molecule has 0 aliphatic heterocycles. The fourth-order valence-corrected chi connectivity index (χ4v) is 3.86. The van der Waals surface area contributed by atoms with E-state index in [2.05, 4.69) is 4.98 Å². The molecule has 1 N–H and O–H groups in total. The SMILES string of the molecule is CCC(C)N(Cc1ccc(OC)c(OCc2nc(CO)cs2)c1)C(=O)c1ccc(F)cc1. The topological polar surface area (TPSA) is 71.9 Å². The minimum atomic E-state index is -0.375. The number of aromatic nitrogens is 1. The second-order valence-electron chi connectivity index (χ2n) is 7.36. The number of aliphatic hydroxyl groups is 1. The predicted octanol–water partition coefficient (Wildman–Crippen LogP) is 4.80. The monoisotopic (exact) mass is 458 g/mol. The molecule has 0 radical (unpaired) electrons. The first-order valence-corrected chi connectivity index (χ1v) is 11.2. The summed E-state index contributed by atoms with van der Waals surface area (Å²) in [6.45, 7) is 4.52. The van der Waals surface area contributed by atoms with Gasteiger partial charge in [0.1, 0.15) is 17.4 Å². The first-order chi connectivity index (χ1) is 15.4. The van der Waals surface area contributed by atoms with E-state index in [1.165, 1.54) is 35.6 Å². The second kappa shape index (κ2) is 11.1. The van der Waals surface area contributed by atoms with E-state index < -0.39 is 0 Å². The van der Waals surface area contributed by atoms with Gasteiger partial charge in [0.05, 0.1) is 19.4 Å². The molecule has 0 fully saturated rings. The van der Waals surface area contributed by atoms with E-state index in [0.29, 0.717) is 29.3 Å². The van der Waals surface area contributed by atoms with Crippen LogP contribution >= 0.6 is 11.3 Å². The molecular weight excluding hydrogens is 431 g/mol. The van der Waals surface area contributed by atoms with Crippen LogP contribution in [0.25, 0.3) is 0 Å². The van der Waals surface area contributed by atoms with Gasteiger partial charge in [0.15, 0.2) is 11.5 Å². The second-order valence-corrected chi connectivity index (χ2v) is 8.30. The minimum absolute atomic E-state index is 0.00811. The van der Waals surface area contributed by atoms with Crippen LogP contribution in [0.5, 0.6) is 11.5 Å². The lowest BCUT2D eigenvalue weighted by atomic mass is 10.1. The Morgan fingerprint density at radius 3 is 2.59 bits per heavy atom. The highest BCUT2D eigenvalue weighted by Crippen LogP contribution is 2.30. The van der Waals surface area contributed by atoms with Crippen molar-refractivity contribution in [3.8, 4) is 11.5 Å². The number of carbonyl (C=O) groups excluding carboxylic acids is 1. The van der Waals surface area contributed by atoms with Crippen molar-refractivity contribution in [3.05, 3.63) is 75.5 Å². The van der Waals surface area contributed by atoms with Gasteiger partial charge in [-0.2, -0.15) is 0 Å². The van der Waals surface area contributed by atoms with Crippen LogP contribution in [0.2, 0.25) is 0 Å². The maximum atomic E-state index is 13.3. The number of ether oxygens (including phenoxy) is 2. The summed E-state index contributed by atoms with van der Waals surface area (Å²) in [5.74, 6) is 0.591. The summed E-state index contributed by atoms with van der Waals surface area (Å²) in [5, 5.41) is 11.7. The molecule has 0 spiro atoms. The summed E-state index contributed by atoms with van der Waals surface area (Å²) >= 11 is 1.41. The molecule has 8 heteroatoms. The van der Waals surface area contributed by atoms with Gasteiger partial charge in [0.2, 0.25) is 0 Å². The van der Waals surface area contributed by atoms with Crippen molar-refractivity contribution in [2.75, 3.05) is 7.11 Å². The van der Waals surface area contributed by atoms with Gasteiger partial charge < -0.3 is 19.5 Å². The molecule has 1 heterocycles. The molecule has 2 aromatic carbocycles. The molecular formula is C24H27FN2O4S. The molecule has 1 unspecified atom stereocenters. The Bertz CT molecular complexity index is 1040.